The highest BCUT2D eigenvalue weighted by Gasteiger charge is 2.10. The van der Waals surface area contributed by atoms with Crippen LogP contribution in [-0.4, -0.2) is 35.0 Å². The summed E-state index contributed by atoms with van der Waals surface area (Å²) in [6, 6.07) is 12.4. The van der Waals surface area contributed by atoms with E-state index in [1.165, 1.54) is 23.3 Å². The molecule has 0 aliphatic heterocycles. The van der Waals surface area contributed by atoms with Crippen LogP contribution in [-0.2, 0) is 11.3 Å². The number of benzene rings is 1. The summed E-state index contributed by atoms with van der Waals surface area (Å²) in [7, 11) is 0. The highest BCUT2D eigenvalue weighted by molar-refractivity contribution is 5.89. The number of imidazole rings is 1. The predicted octanol–water partition coefficient (Wildman–Crippen LogP) is 1.83. The summed E-state index contributed by atoms with van der Waals surface area (Å²) in [6.45, 7) is 1.67. The summed E-state index contributed by atoms with van der Waals surface area (Å²) >= 11 is 0. The van der Waals surface area contributed by atoms with E-state index in [4.69, 9.17) is 0 Å². The van der Waals surface area contributed by atoms with Crippen LogP contribution in [0.2, 0.25) is 0 Å². The van der Waals surface area contributed by atoms with Gasteiger partial charge in [-0.15, -0.1) is 0 Å². The van der Waals surface area contributed by atoms with Gasteiger partial charge in [-0.1, -0.05) is 30.3 Å². The Hall–Kier alpha value is -4.14. The fraction of sp³-hybridized carbons (Fsp3) is 0.100. The van der Waals surface area contributed by atoms with Crippen molar-refractivity contribution in [2.45, 2.75) is 13.5 Å². The molecule has 0 saturated heterocycles. The van der Waals surface area contributed by atoms with E-state index >= 15 is 0 Å². The van der Waals surface area contributed by atoms with Crippen molar-refractivity contribution in [3.8, 4) is 17.1 Å². The second-order valence-electron chi connectivity index (χ2n) is 6.26. The van der Waals surface area contributed by atoms with E-state index in [-0.39, 0.29) is 12.1 Å². The van der Waals surface area contributed by atoms with Gasteiger partial charge in [0.05, 0.1) is 12.0 Å². The molecule has 0 saturated carbocycles. The number of anilines is 1. The summed E-state index contributed by atoms with van der Waals surface area (Å²) in [5.41, 5.74) is 1.08. The van der Waals surface area contributed by atoms with Gasteiger partial charge in [0.1, 0.15) is 30.3 Å². The quantitative estimate of drug-likeness (QED) is 0.560. The summed E-state index contributed by atoms with van der Waals surface area (Å²) < 4.78 is 3.01. The van der Waals surface area contributed by atoms with Gasteiger partial charge in [-0.25, -0.2) is 19.9 Å². The van der Waals surface area contributed by atoms with Gasteiger partial charge in [0, 0.05) is 30.1 Å². The van der Waals surface area contributed by atoms with Crippen molar-refractivity contribution in [2.24, 2.45) is 0 Å². The zero-order valence-corrected chi connectivity index (χ0v) is 15.6. The summed E-state index contributed by atoms with van der Waals surface area (Å²) in [5, 5.41) is 2.67. The highest BCUT2D eigenvalue weighted by Crippen LogP contribution is 2.13. The first-order chi connectivity index (χ1) is 14.1. The van der Waals surface area contributed by atoms with Crippen molar-refractivity contribution < 1.29 is 4.79 Å². The van der Waals surface area contributed by atoms with Gasteiger partial charge in [-0.3, -0.25) is 18.7 Å². The minimum absolute atomic E-state index is 0.176. The molecule has 0 atom stereocenters. The van der Waals surface area contributed by atoms with E-state index in [9.17, 15) is 9.59 Å². The van der Waals surface area contributed by atoms with Crippen LogP contribution in [0, 0.1) is 6.92 Å². The fourth-order valence-electron chi connectivity index (χ4n) is 2.82. The average Bonchev–Trinajstić information content (AvgIpc) is 3.16. The number of nitrogens with one attached hydrogen (secondary N) is 1. The molecule has 0 aliphatic carbocycles. The molecule has 0 aliphatic rings. The maximum Gasteiger partial charge on any atom is 0.254 e. The van der Waals surface area contributed by atoms with E-state index in [0.717, 1.165) is 11.4 Å². The van der Waals surface area contributed by atoms with Gasteiger partial charge in [-0.2, -0.15) is 0 Å². The summed E-state index contributed by atoms with van der Waals surface area (Å²) in [6.07, 6.45) is 6.15. The van der Waals surface area contributed by atoms with Gasteiger partial charge < -0.3 is 5.32 Å². The predicted molar refractivity (Wildman–Crippen MR) is 106 cm³/mol. The van der Waals surface area contributed by atoms with E-state index < -0.39 is 5.91 Å². The third kappa shape index (κ3) is 4.08. The maximum absolute atomic E-state index is 12.4. The lowest BCUT2D eigenvalue weighted by molar-refractivity contribution is -0.116. The van der Waals surface area contributed by atoms with Crippen LogP contribution < -0.4 is 10.9 Å². The average molecular weight is 387 g/mol. The highest BCUT2D eigenvalue weighted by atomic mass is 16.2. The maximum atomic E-state index is 12.4. The van der Waals surface area contributed by atoms with Gasteiger partial charge in [0.25, 0.3) is 5.56 Å². The molecule has 0 radical (unpaired) electrons. The molecule has 3 heterocycles. The van der Waals surface area contributed by atoms with Crippen LogP contribution in [0.3, 0.4) is 0 Å². The van der Waals surface area contributed by atoms with E-state index in [1.54, 1.807) is 23.0 Å². The molecule has 9 nitrogen and oxygen atoms in total. The van der Waals surface area contributed by atoms with E-state index in [2.05, 4.69) is 25.3 Å². The van der Waals surface area contributed by atoms with Crippen molar-refractivity contribution in [2.75, 3.05) is 5.32 Å². The first-order valence-electron chi connectivity index (χ1n) is 8.84. The number of nitrogens with zero attached hydrogens (tertiary/aromatic N) is 6. The molecule has 1 N–H and O–H groups in total. The van der Waals surface area contributed by atoms with Crippen molar-refractivity contribution in [1.29, 1.82) is 0 Å². The Morgan fingerprint density at radius 2 is 1.90 bits per heavy atom. The van der Waals surface area contributed by atoms with Crippen molar-refractivity contribution >= 4 is 11.7 Å². The monoisotopic (exact) mass is 387 g/mol. The minimum atomic E-state index is -0.395. The van der Waals surface area contributed by atoms with Gasteiger partial charge in [0.2, 0.25) is 5.91 Å². The van der Waals surface area contributed by atoms with Gasteiger partial charge >= 0.3 is 0 Å². The number of hydrogen-bond donors (Lipinski definition) is 1. The Kier molecular flexibility index (Phi) is 4.93. The van der Waals surface area contributed by atoms with Gasteiger partial charge in [-0.05, 0) is 6.92 Å². The molecule has 4 aromatic rings. The van der Waals surface area contributed by atoms with Crippen LogP contribution in [0.15, 0.2) is 72.3 Å². The molecule has 9 heteroatoms. The number of carbonyl (C=O) groups is 1. The number of hydrogen-bond acceptors (Lipinski definition) is 6. The normalized spacial score (nSPS) is 10.7. The Labute approximate surface area is 165 Å². The Morgan fingerprint density at radius 3 is 2.62 bits per heavy atom. The van der Waals surface area contributed by atoms with Crippen molar-refractivity contribution in [3.63, 3.8) is 0 Å². The standard InChI is InChI=1S/C20H17N7O2/c1-14-21-7-8-27(14)18-10-17(22-12-23-18)25-19(28)11-26-13-24-16(9-20(26)29)15-5-3-2-4-6-15/h2-10,12-13H,11H2,1H3,(H,22,23,25,28). The molecule has 1 aromatic carbocycles. The molecule has 144 valence electrons. The lowest BCUT2D eigenvalue weighted by Crippen LogP contribution is -2.27. The topological polar surface area (TPSA) is 108 Å². The van der Waals surface area contributed by atoms with Crippen LogP contribution in [0.5, 0.6) is 0 Å². The molecular weight excluding hydrogens is 370 g/mol. The Balaban J connectivity index is 1.48. The lowest BCUT2D eigenvalue weighted by Gasteiger charge is -2.09. The van der Waals surface area contributed by atoms with Crippen LogP contribution >= 0.6 is 0 Å². The second-order valence-corrected chi connectivity index (χ2v) is 6.26. The third-order valence-electron chi connectivity index (χ3n) is 4.26. The molecule has 3 aromatic heterocycles. The number of rotatable bonds is 5. The summed E-state index contributed by atoms with van der Waals surface area (Å²) in [4.78, 5) is 41.4. The van der Waals surface area contributed by atoms with E-state index in [0.29, 0.717) is 17.3 Å². The first-order valence-corrected chi connectivity index (χ1v) is 8.84. The number of amides is 1. The third-order valence-corrected chi connectivity index (χ3v) is 4.26. The van der Waals surface area contributed by atoms with Crippen LogP contribution in [0.4, 0.5) is 5.82 Å². The molecule has 0 unspecified atom stereocenters. The van der Waals surface area contributed by atoms with Crippen LogP contribution in [0.1, 0.15) is 5.82 Å². The fourth-order valence-corrected chi connectivity index (χ4v) is 2.82. The molecular formula is C20H17N7O2. The van der Waals surface area contributed by atoms with Crippen molar-refractivity contribution in [3.05, 3.63) is 83.7 Å². The SMILES string of the molecule is Cc1nccn1-c1cc(NC(=O)Cn2cnc(-c3ccccc3)cc2=O)ncn1. The molecule has 0 fully saturated rings. The number of aryl methyl sites for hydroxylation is 1. The summed E-state index contributed by atoms with van der Waals surface area (Å²) in [5.74, 6) is 1.27. The molecule has 0 spiro atoms. The molecule has 1 amide bonds. The second kappa shape index (κ2) is 7.85. The largest absolute Gasteiger partial charge is 0.309 e. The Bertz CT molecular complexity index is 1210. The lowest BCUT2D eigenvalue weighted by atomic mass is 10.1. The Morgan fingerprint density at radius 1 is 1.07 bits per heavy atom. The minimum Gasteiger partial charge on any atom is -0.309 e. The van der Waals surface area contributed by atoms with Gasteiger partial charge in [0.15, 0.2) is 0 Å². The zero-order valence-electron chi connectivity index (χ0n) is 15.6. The zero-order chi connectivity index (χ0) is 20.2. The first kappa shape index (κ1) is 18.2. The smallest absolute Gasteiger partial charge is 0.254 e. The van der Waals surface area contributed by atoms with Crippen molar-refractivity contribution in [1.82, 2.24) is 29.1 Å². The number of aromatic nitrogens is 6. The molecule has 29 heavy (non-hydrogen) atoms. The van der Waals surface area contributed by atoms with Crippen LogP contribution in [0.25, 0.3) is 17.1 Å². The molecule has 0 bridgehead atoms. The van der Waals surface area contributed by atoms with E-state index in [1.807, 2.05) is 37.3 Å². The number of carbonyl (C=O) groups excluding carboxylic acids is 1. The molecule has 4 rings (SSSR count).